The molecular formula is C16H8Cl2F2N4O2. The van der Waals surface area contributed by atoms with Gasteiger partial charge in [0.25, 0.3) is 5.69 Å². The molecule has 0 radical (unpaired) electrons. The van der Waals surface area contributed by atoms with Gasteiger partial charge in [-0.05, 0) is 30.3 Å². The van der Waals surface area contributed by atoms with Gasteiger partial charge in [-0.25, -0.2) is 8.78 Å². The smallest absolute Gasteiger partial charge is 0.295 e. The van der Waals surface area contributed by atoms with Crippen molar-refractivity contribution in [3.05, 3.63) is 74.5 Å². The summed E-state index contributed by atoms with van der Waals surface area (Å²) >= 11 is 12.2. The maximum absolute atomic E-state index is 13.3. The lowest BCUT2D eigenvalue weighted by Crippen LogP contribution is -2.01. The number of nitro benzene ring substituents is 1. The van der Waals surface area contributed by atoms with Crippen LogP contribution in [-0.4, -0.2) is 15.1 Å². The van der Waals surface area contributed by atoms with Gasteiger partial charge in [-0.2, -0.15) is 5.10 Å². The predicted octanol–water partition coefficient (Wildman–Crippen LogP) is 5.38. The van der Waals surface area contributed by atoms with Crippen molar-refractivity contribution < 1.29 is 13.7 Å². The van der Waals surface area contributed by atoms with Crippen LogP contribution in [0.1, 0.15) is 0 Å². The first-order valence-electron chi connectivity index (χ1n) is 7.04. The Kier molecular flexibility index (Phi) is 4.97. The van der Waals surface area contributed by atoms with Crippen LogP contribution < -0.4 is 5.32 Å². The molecule has 10 heteroatoms. The Bertz CT molecular complexity index is 1020. The van der Waals surface area contributed by atoms with Gasteiger partial charge in [-0.15, -0.1) is 5.10 Å². The van der Waals surface area contributed by atoms with Crippen LogP contribution in [0.3, 0.4) is 0 Å². The lowest BCUT2D eigenvalue weighted by atomic mass is 10.1. The first-order chi connectivity index (χ1) is 12.4. The zero-order chi connectivity index (χ0) is 18.8. The second-order valence-corrected chi connectivity index (χ2v) is 5.86. The van der Waals surface area contributed by atoms with Crippen molar-refractivity contribution in [3.63, 3.8) is 0 Å². The molecule has 0 amide bonds. The number of hydrogen-bond acceptors (Lipinski definition) is 5. The summed E-state index contributed by atoms with van der Waals surface area (Å²) in [6.07, 6.45) is 1.27. The van der Waals surface area contributed by atoms with Crippen LogP contribution in [0.4, 0.5) is 25.8 Å². The Balaban J connectivity index is 2.14. The highest BCUT2D eigenvalue weighted by molar-refractivity contribution is 6.36. The van der Waals surface area contributed by atoms with E-state index in [1.807, 2.05) is 0 Å². The number of halogens is 4. The molecule has 0 atom stereocenters. The lowest BCUT2D eigenvalue weighted by molar-refractivity contribution is -0.384. The highest BCUT2D eigenvalue weighted by Crippen LogP contribution is 2.39. The van der Waals surface area contributed by atoms with E-state index in [1.165, 1.54) is 24.4 Å². The summed E-state index contributed by atoms with van der Waals surface area (Å²) < 4.78 is 26.6. The van der Waals surface area contributed by atoms with Crippen LogP contribution in [0.5, 0.6) is 0 Å². The minimum absolute atomic E-state index is 0.0138. The van der Waals surface area contributed by atoms with Crippen molar-refractivity contribution in [3.8, 4) is 11.1 Å². The molecular weight excluding hydrogens is 389 g/mol. The van der Waals surface area contributed by atoms with Gasteiger partial charge in [0.05, 0.1) is 27.9 Å². The van der Waals surface area contributed by atoms with Gasteiger partial charge in [0.2, 0.25) is 0 Å². The molecule has 0 saturated carbocycles. The fraction of sp³-hybridized carbons (Fsp3) is 0. The maximum Gasteiger partial charge on any atom is 0.295 e. The van der Waals surface area contributed by atoms with Crippen molar-refractivity contribution in [1.29, 1.82) is 0 Å². The van der Waals surface area contributed by atoms with E-state index >= 15 is 0 Å². The minimum Gasteiger partial charge on any atom is -0.348 e. The van der Waals surface area contributed by atoms with E-state index in [0.717, 1.165) is 18.2 Å². The van der Waals surface area contributed by atoms with Gasteiger partial charge in [-0.3, -0.25) is 10.1 Å². The van der Waals surface area contributed by atoms with Gasteiger partial charge in [0.15, 0.2) is 5.15 Å². The zero-order valence-corrected chi connectivity index (χ0v) is 14.2. The number of nitro groups is 1. The van der Waals surface area contributed by atoms with E-state index in [4.69, 9.17) is 23.2 Å². The second-order valence-electron chi connectivity index (χ2n) is 5.09. The molecule has 0 bridgehead atoms. The molecule has 0 saturated heterocycles. The van der Waals surface area contributed by atoms with Crippen LogP contribution in [0.2, 0.25) is 10.2 Å². The Morgan fingerprint density at radius 1 is 1.04 bits per heavy atom. The van der Waals surface area contributed by atoms with Crippen LogP contribution in [0.25, 0.3) is 11.1 Å². The largest absolute Gasteiger partial charge is 0.348 e. The van der Waals surface area contributed by atoms with Gasteiger partial charge in [0, 0.05) is 11.1 Å². The van der Waals surface area contributed by atoms with E-state index in [2.05, 4.69) is 15.5 Å². The van der Waals surface area contributed by atoms with Crippen molar-refractivity contribution in [2.45, 2.75) is 0 Å². The fourth-order valence-electron chi connectivity index (χ4n) is 2.31. The molecule has 0 aliphatic heterocycles. The van der Waals surface area contributed by atoms with E-state index in [-0.39, 0.29) is 27.1 Å². The van der Waals surface area contributed by atoms with Gasteiger partial charge in [-0.1, -0.05) is 23.2 Å². The highest BCUT2D eigenvalue weighted by Gasteiger charge is 2.20. The van der Waals surface area contributed by atoms with Gasteiger partial charge < -0.3 is 5.32 Å². The van der Waals surface area contributed by atoms with Crippen molar-refractivity contribution in [2.24, 2.45) is 0 Å². The summed E-state index contributed by atoms with van der Waals surface area (Å²) in [5, 5.41) is 21.4. The molecule has 0 fully saturated rings. The van der Waals surface area contributed by atoms with Crippen molar-refractivity contribution in [1.82, 2.24) is 10.2 Å². The zero-order valence-electron chi connectivity index (χ0n) is 12.7. The Labute approximate surface area is 155 Å². The average molecular weight is 397 g/mol. The van der Waals surface area contributed by atoms with E-state index < -0.39 is 22.2 Å². The summed E-state index contributed by atoms with van der Waals surface area (Å²) in [4.78, 5) is 10.4. The SMILES string of the molecule is O=[N+]([O-])c1cc(F)ccc1Nc1cnnc(Cl)c1-c1ccc(F)cc1Cl. The topological polar surface area (TPSA) is 81.0 Å². The first kappa shape index (κ1) is 18.0. The molecule has 1 N–H and O–H groups in total. The molecule has 132 valence electrons. The van der Waals surface area contributed by atoms with E-state index in [1.54, 1.807) is 0 Å². The third-order valence-electron chi connectivity index (χ3n) is 3.43. The molecule has 1 heterocycles. The molecule has 0 aliphatic rings. The third kappa shape index (κ3) is 3.56. The average Bonchev–Trinajstić information content (AvgIpc) is 2.57. The molecule has 3 aromatic rings. The number of anilines is 2. The van der Waals surface area contributed by atoms with Crippen molar-refractivity contribution >= 4 is 40.3 Å². The van der Waals surface area contributed by atoms with Crippen molar-refractivity contribution in [2.75, 3.05) is 5.32 Å². The summed E-state index contributed by atoms with van der Waals surface area (Å²) in [6.45, 7) is 0. The standard InChI is InChI=1S/C16H8Cl2F2N4O2/c17-11-5-8(19)1-3-10(11)15-13(7-21-23-16(15)18)22-12-4-2-9(20)6-14(12)24(25)26/h1-7H,(H,22,23). The maximum atomic E-state index is 13.3. The van der Waals surface area contributed by atoms with Crippen LogP contribution in [-0.2, 0) is 0 Å². The molecule has 0 unspecified atom stereocenters. The van der Waals surface area contributed by atoms with E-state index in [9.17, 15) is 18.9 Å². The number of aromatic nitrogens is 2. The van der Waals surface area contributed by atoms with Crippen LogP contribution >= 0.6 is 23.2 Å². The summed E-state index contributed by atoms with van der Waals surface area (Å²) in [5.41, 5.74) is 0.382. The molecule has 6 nitrogen and oxygen atoms in total. The second kappa shape index (κ2) is 7.19. The normalized spacial score (nSPS) is 10.6. The number of nitrogens with zero attached hydrogens (tertiary/aromatic N) is 3. The monoisotopic (exact) mass is 396 g/mol. The van der Waals surface area contributed by atoms with E-state index in [0.29, 0.717) is 5.56 Å². The number of benzene rings is 2. The molecule has 26 heavy (non-hydrogen) atoms. The fourth-order valence-corrected chi connectivity index (χ4v) is 2.82. The lowest BCUT2D eigenvalue weighted by Gasteiger charge is -2.14. The summed E-state index contributed by atoms with van der Waals surface area (Å²) in [7, 11) is 0. The summed E-state index contributed by atoms with van der Waals surface area (Å²) in [6, 6.07) is 6.72. The molecule has 0 aliphatic carbocycles. The summed E-state index contributed by atoms with van der Waals surface area (Å²) in [5.74, 6) is -1.30. The number of nitrogens with one attached hydrogen (secondary N) is 1. The Hall–Kier alpha value is -2.84. The quantitative estimate of drug-likeness (QED) is 0.472. The predicted molar refractivity (Wildman–Crippen MR) is 93.8 cm³/mol. The molecule has 3 rings (SSSR count). The Morgan fingerprint density at radius 2 is 1.73 bits per heavy atom. The van der Waals surface area contributed by atoms with Crippen LogP contribution in [0.15, 0.2) is 42.6 Å². The minimum atomic E-state index is -0.755. The van der Waals surface area contributed by atoms with Gasteiger partial charge in [0.1, 0.15) is 17.3 Å². The third-order valence-corrected chi connectivity index (χ3v) is 4.01. The molecule has 0 spiro atoms. The van der Waals surface area contributed by atoms with Gasteiger partial charge >= 0.3 is 0 Å². The number of rotatable bonds is 4. The Morgan fingerprint density at radius 3 is 2.42 bits per heavy atom. The first-order valence-corrected chi connectivity index (χ1v) is 7.80. The highest BCUT2D eigenvalue weighted by atomic mass is 35.5. The van der Waals surface area contributed by atoms with Crippen LogP contribution in [0, 0.1) is 21.7 Å². The molecule has 2 aromatic carbocycles. The number of hydrogen-bond donors (Lipinski definition) is 1. The molecule has 1 aromatic heterocycles.